The number of halogens is 2. The van der Waals surface area contributed by atoms with Crippen molar-refractivity contribution in [1.82, 2.24) is 4.98 Å². The van der Waals surface area contributed by atoms with Gasteiger partial charge in [0.05, 0.1) is 4.47 Å². The van der Waals surface area contributed by atoms with Gasteiger partial charge < -0.3 is 10.5 Å². The maximum atomic E-state index is 5.86. The van der Waals surface area contributed by atoms with Crippen LogP contribution in [0.25, 0.3) is 0 Å². The molecule has 0 saturated heterocycles. The molecule has 0 saturated carbocycles. The van der Waals surface area contributed by atoms with Crippen LogP contribution in [0, 0.1) is 0 Å². The standard InChI is InChI=1S/C13H12BrClN2O/c1-8(16)9-2-5-13(17-7-9)18-12-4-3-10(15)6-11(12)14/h2-8H,16H2,1H3. The van der Waals surface area contributed by atoms with E-state index in [-0.39, 0.29) is 6.04 Å². The summed E-state index contributed by atoms with van der Waals surface area (Å²) in [5.41, 5.74) is 6.72. The van der Waals surface area contributed by atoms with E-state index < -0.39 is 0 Å². The van der Waals surface area contributed by atoms with E-state index in [0.717, 1.165) is 10.0 Å². The smallest absolute Gasteiger partial charge is 0.219 e. The monoisotopic (exact) mass is 326 g/mol. The molecule has 1 unspecified atom stereocenters. The van der Waals surface area contributed by atoms with E-state index in [4.69, 9.17) is 22.1 Å². The highest BCUT2D eigenvalue weighted by Gasteiger charge is 2.05. The van der Waals surface area contributed by atoms with Crippen molar-refractivity contribution in [3.8, 4) is 11.6 Å². The summed E-state index contributed by atoms with van der Waals surface area (Å²) in [6.45, 7) is 1.91. The van der Waals surface area contributed by atoms with Crippen LogP contribution in [-0.2, 0) is 0 Å². The average Bonchev–Trinajstić information content (AvgIpc) is 2.33. The van der Waals surface area contributed by atoms with E-state index in [9.17, 15) is 0 Å². The largest absolute Gasteiger partial charge is 0.438 e. The second kappa shape index (κ2) is 5.69. The van der Waals surface area contributed by atoms with E-state index in [1.165, 1.54) is 0 Å². The topological polar surface area (TPSA) is 48.1 Å². The molecule has 0 fully saturated rings. The summed E-state index contributed by atoms with van der Waals surface area (Å²) in [6, 6.07) is 8.98. The molecule has 0 spiro atoms. The lowest BCUT2D eigenvalue weighted by atomic mass is 10.2. The zero-order chi connectivity index (χ0) is 13.1. The Morgan fingerprint density at radius 3 is 2.67 bits per heavy atom. The molecule has 1 atom stereocenters. The molecule has 2 N–H and O–H groups in total. The SMILES string of the molecule is CC(N)c1ccc(Oc2ccc(Cl)cc2Br)nc1. The van der Waals surface area contributed by atoms with E-state index in [2.05, 4.69) is 20.9 Å². The van der Waals surface area contributed by atoms with Crippen LogP contribution in [0.2, 0.25) is 5.02 Å². The summed E-state index contributed by atoms with van der Waals surface area (Å²) in [4.78, 5) is 4.20. The molecular formula is C13H12BrClN2O. The van der Waals surface area contributed by atoms with E-state index >= 15 is 0 Å². The Morgan fingerprint density at radius 2 is 2.11 bits per heavy atom. The molecule has 0 aliphatic carbocycles. The highest BCUT2D eigenvalue weighted by molar-refractivity contribution is 9.10. The Kier molecular flexibility index (Phi) is 4.22. The Balaban J connectivity index is 2.18. The number of nitrogens with zero attached hydrogens (tertiary/aromatic N) is 1. The molecule has 1 aromatic carbocycles. The minimum Gasteiger partial charge on any atom is -0.438 e. The fourth-order valence-electron chi connectivity index (χ4n) is 1.39. The highest BCUT2D eigenvalue weighted by atomic mass is 79.9. The number of aromatic nitrogens is 1. The van der Waals surface area contributed by atoms with Gasteiger partial charge in [-0.1, -0.05) is 17.7 Å². The molecule has 2 rings (SSSR count). The normalized spacial score (nSPS) is 12.2. The Bertz CT molecular complexity index is 543. The number of pyridine rings is 1. The molecule has 0 radical (unpaired) electrons. The van der Waals surface area contributed by atoms with Crippen molar-refractivity contribution in [3.05, 3.63) is 51.6 Å². The number of rotatable bonds is 3. The Labute approximate surface area is 119 Å². The van der Waals surface area contributed by atoms with Crippen molar-refractivity contribution in [1.29, 1.82) is 0 Å². The van der Waals surface area contributed by atoms with Crippen LogP contribution in [0.15, 0.2) is 41.0 Å². The summed E-state index contributed by atoms with van der Waals surface area (Å²) >= 11 is 9.25. The maximum absolute atomic E-state index is 5.86. The third-order valence-electron chi connectivity index (χ3n) is 2.39. The first-order valence-electron chi connectivity index (χ1n) is 5.40. The van der Waals surface area contributed by atoms with Gasteiger partial charge >= 0.3 is 0 Å². The summed E-state index contributed by atoms with van der Waals surface area (Å²) in [7, 11) is 0. The fraction of sp³-hybridized carbons (Fsp3) is 0.154. The second-order valence-electron chi connectivity index (χ2n) is 3.90. The molecule has 94 valence electrons. The number of ether oxygens (including phenoxy) is 1. The van der Waals surface area contributed by atoms with Gasteiger partial charge in [0.2, 0.25) is 5.88 Å². The van der Waals surface area contributed by atoms with E-state index in [1.54, 1.807) is 30.5 Å². The molecule has 2 aromatic rings. The zero-order valence-electron chi connectivity index (χ0n) is 9.73. The molecule has 0 amide bonds. The van der Waals surface area contributed by atoms with E-state index in [1.807, 2.05) is 13.0 Å². The molecule has 1 heterocycles. The van der Waals surface area contributed by atoms with Crippen molar-refractivity contribution in [2.24, 2.45) is 5.73 Å². The molecule has 5 heteroatoms. The lowest BCUT2D eigenvalue weighted by molar-refractivity contribution is 0.459. The summed E-state index contributed by atoms with van der Waals surface area (Å²) in [6.07, 6.45) is 1.71. The van der Waals surface area contributed by atoms with Crippen LogP contribution in [0.3, 0.4) is 0 Å². The summed E-state index contributed by atoms with van der Waals surface area (Å²) < 4.78 is 6.43. The minimum atomic E-state index is -0.0335. The third-order valence-corrected chi connectivity index (χ3v) is 3.25. The van der Waals surface area contributed by atoms with Crippen LogP contribution < -0.4 is 10.5 Å². The highest BCUT2D eigenvalue weighted by Crippen LogP contribution is 2.31. The first kappa shape index (κ1) is 13.3. The molecule has 3 nitrogen and oxygen atoms in total. The van der Waals surface area contributed by atoms with Gasteiger partial charge in [-0.25, -0.2) is 4.98 Å². The lowest BCUT2D eigenvalue weighted by Crippen LogP contribution is -2.05. The first-order valence-corrected chi connectivity index (χ1v) is 6.58. The first-order chi connectivity index (χ1) is 8.56. The van der Waals surface area contributed by atoms with Gasteiger partial charge in [-0.15, -0.1) is 0 Å². The number of hydrogen-bond donors (Lipinski definition) is 1. The average molecular weight is 328 g/mol. The zero-order valence-corrected chi connectivity index (χ0v) is 12.1. The summed E-state index contributed by atoms with van der Waals surface area (Å²) in [5.74, 6) is 1.18. The van der Waals surface area contributed by atoms with Gasteiger partial charge in [0.25, 0.3) is 0 Å². The number of hydrogen-bond acceptors (Lipinski definition) is 3. The predicted octanol–water partition coefficient (Wildman–Crippen LogP) is 4.31. The quantitative estimate of drug-likeness (QED) is 0.914. The molecule has 1 aromatic heterocycles. The summed E-state index contributed by atoms with van der Waals surface area (Å²) in [5, 5.41) is 0.648. The molecule has 0 aliphatic heterocycles. The van der Waals surface area contributed by atoms with Gasteiger partial charge in [0.1, 0.15) is 5.75 Å². The minimum absolute atomic E-state index is 0.0335. The van der Waals surface area contributed by atoms with Gasteiger partial charge in [0.15, 0.2) is 0 Å². The lowest BCUT2D eigenvalue weighted by Gasteiger charge is -2.09. The van der Waals surface area contributed by atoms with E-state index in [0.29, 0.717) is 16.7 Å². The maximum Gasteiger partial charge on any atom is 0.219 e. The van der Waals surface area contributed by atoms with Crippen molar-refractivity contribution in [2.75, 3.05) is 0 Å². The van der Waals surface area contributed by atoms with Crippen molar-refractivity contribution < 1.29 is 4.74 Å². The van der Waals surface area contributed by atoms with Gasteiger partial charge in [-0.2, -0.15) is 0 Å². The Morgan fingerprint density at radius 1 is 1.33 bits per heavy atom. The molecular weight excluding hydrogens is 316 g/mol. The molecule has 0 aliphatic rings. The predicted molar refractivity (Wildman–Crippen MR) is 76.1 cm³/mol. The van der Waals surface area contributed by atoms with Crippen molar-refractivity contribution in [3.63, 3.8) is 0 Å². The fourth-order valence-corrected chi connectivity index (χ4v) is 2.16. The van der Waals surface area contributed by atoms with Crippen LogP contribution in [0.5, 0.6) is 11.6 Å². The molecule has 0 bridgehead atoms. The Hall–Kier alpha value is -1.10. The van der Waals surface area contributed by atoms with Gasteiger partial charge in [-0.3, -0.25) is 0 Å². The molecule has 18 heavy (non-hydrogen) atoms. The number of nitrogens with two attached hydrogens (primary N) is 1. The van der Waals surface area contributed by atoms with Crippen molar-refractivity contribution >= 4 is 27.5 Å². The second-order valence-corrected chi connectivity index (χ2v) is 5.19. The third kappa shape index (κ3) is 3.22. The van der Waals surface area contributed by atoms with Crippen LogP contribution in [-0.4, -0.2) is 4.98 Å². The number of benzene rings is 1. The van der Waals surface area contributed by atoms with Gasteiger partial charge in [-0.05, 0) is 46.6 Å². The van der Waals surface area contributed by atoms with Gasteiger partial charge in [0, 0.05) is 23.3 Å². The van der Waals surface area contributed by atoms with Crippen LogP contribution in [0.1, 0.15) is 18.5 Å². The van der Waals surface area contributed by atoms with Crippen LogP contribution >= 0.6 is 27.5 Å². The van der Waals surface area contributed by atoms with Crippen molar-refractivity contribution in [2.45, 2.75) is 13.0 Å². The van der Waals surface area contributed by atoms with Crippen LogP contribution in [0.4, 0.5) is 0 Å².